The van der Waals surface area contributed by atoms with Crippen LogP contribution < -0.4 is 0 Å². The van der Waals surface area contributed by atoms with Crippen molar-refractivity contribution < 1.29 is 14.6 Å². The quantitative estimate of drug-likeness (QED) is 0.217. The van der Waals surface area contributed by atoms with Crippen LogP contribution in [-0.2, 0) is 9.53 Å². The predicted octanol–water partition coefficient (Wildman–Crippen LogP) is 9.26. The van der Waals surface area contributed by atoms with Gasteiger partial charge < -0.3 is 9.84 Å². The van der Waals surface area contributed by atoms with Crippen LogP contribution >= 0.6 is 0 Å². The highest BCUT2D eigenvalue weighted by atomic mass is 16.5. The van der Waals surface area contributed by atoms with Crippen LogP contribution in [0.4, 0.5) is 0 Å². The van der Waals surface area contributed by atoms with E-state index in [2.05, 4.69) is 48.1 Å². The molecule has 0 aromatic heterocycles. The zero-order valence-electron chi connectivity index (χ0n) is 27.3. The molecule has 1 aromatic rings. The molecule has 5 aliphatic carbocycles. The SMILES string of the molecule is C=C(C)[C@H]1CC[C@@]2(COC(=O)/C=C/c3ccccc3)CC[C@]3(C)[C@H](CC[C@H]4[C@@]5(C)CC[C@H](O)C(C)(C)[C@H]5CC[C@@]43C)[C@@H]12. The Morgan fingerprint density at radius 3 is 2.36 bits per heavy atom. The van der Waals surface area contributed by atoms with Crippen molar-refractivity contribution in [2.75, 3.05) is 6.61 Å². The Labute approximate surface area is 255 Å². The van der Waals surface area contributed by atoms with Gasteiger partial charge in [-0.2, -0.15) is 0 Å². The van der Waals surface area contributed by atoms with Crippen LogP contribution in [0.15, 0.2) is 48.6 Å². The molecular weight excluding hydrogens is 516 g/mol. The molecule has 0 unspecified atom stereocenters. The third-order valence-corrected chi connectivity index (χ3v) is 14.9. The van der Waals surface area contributed by atoms with Gasteiger partial charge in [-0.3, -0.25) is 0 Å². The molecular formula is C39H56O3. The van der Waals surface area contributed by atoms with Crippen molar-refractivity contribution in [3.63, 3.8) is 0 Å². The lowest BCUT2D eigenvalue weighted by Gasteiger charge is -2.73. The lowest BCUT2D eigenvalue weighted by Crippen LogP contribution is -2.66. The van der Waals surface area contributed by atoms with Gasteiger partial charge in [-0.1, -0.05) is 77.1 Å². The first-order chi connectivity index (χ1) is 19.8. The molecule has 1 N–H and O–H groups in total. The molecule has 3 heteroatoms. The number of allylic oxidation sites excluding steroid dienone is 1. The van der Waals surface area contributed by atoms with Gasteiger partial charge in [0, 0.05) is 11.5 Å². The fraction of sp³-hybridized carbons (Fsp3) is 0.718. The summed E-state index contributed by atoms with van der Waals surface area (Å²) in [5.74, 6) is 2.76. The standard InChI is InChI=1S/C39H56O3/c1-26(2)28-17-22-39(25-42-33(41)16-13-27-11-9-8-10-12-27)24-23-37(6)29(34(28)39)14-15-31-36(5)20-19-32(40)35(3,4)30(36)18-21-38(31,37)7/h8-13,16,28-32,34,40H,1,14-15,17-25H2,2-7H3/b16-13+/t28-,29-,30-,31+,32+,34-,36+,37-,38+,39+/m1/s1. The number of ether oxygens (including phenoxy) is 1. The largest absolute Gasteiger partial charge is 0.462 e. The summed E-state index contributed by atoms with van der Waals surface area (Å²) in [4.78, 5) is 12.9. The number of benzene rings is 1. The predicted molar refractivity (Wildman–Crippen MR) is 171 cm³/mol. The second-order valence-corrected chi connectivity index (χ2v) is 16.8. The molecule has 0 radical (unpaired) electrons. The summed E-state index contributed by atoms with van der Waals surface area (Å²) >= 11 is 0. The molecule has 230 valence electrons. The Morgan fingerprint density at radius 1 is 0.905 bits per heavy atom. The van der Waals surface area contributed by atoms with Crippen LogP contribution in [0.1, 0.15) is 111 Å². The fourth-order valence-corrected chi connectivity index (χ4v) is 12.5. The van der Waals surface area contributed by atoms with E-state index in [0.29, 0.717) is 47.0 Å². The molecule has 0 aliphatic heterocycles. The normalized spacial score (nSPS) is 45.8. The van der Waals surface area contributed by atoms with Crippen molar-refractivity contribution in [2.24, 2.45) is 56.7 Å². The Morgan fingerprint density at radius 2 is 1.64 bits per heavy atom. The summed E-state index contributed by atoms with van der Waals surface area (Å²) in [5.41, 5.74) is 3.26. The van der Waals surface area contributed by atoms with Crippen LogP contribution in [0.3, 0.4) is 0 Å². The van der Waals surface area contributed by atoms with E-state index in [-0.39, 0.29) is 28.3 Å². The van der Waals surface area contributed by atoms with Crippen LogP contribution in [-0.4, -0.2) is 23.8 Å². The third kappa shape index (κ3) is 4.33. The van der Waals surface area contributed by atoms with E-state index in [9.17, 15) is 9.90 Å². The lowest BCUT2D eigenvalue weighted by atomic mass is 9.32. The van der Waals surface area contributed by atoms with E-state index < -0.39 is 0 Å². The van der Waals surface area contributed by atoms with Crippen molar-refractivity contribution in [1.29, 1.82) is 0 Å². The molecule has 0 bridgehead atoms. The van der Waals surface area contributed by atoms with E-state index in [1.807, 2.05) is 36.4 Å². The molecule has 0 amide bonds. The summed E-state index contributed by atoms with van der Waals surface area (Å²) in [5, 5.41) is 11.0. The van der Waals surface area contributed by atoms with Gasteiger partial charge in [0.25, 0.3) is 0 Å². The van der Waals surface area contributed by atoms with E-state index >= 15 is 0 Å². The second kappa shape index (κ2) is 10.4. The maximum Gasteiger partial charge on any atom is 0.330 e. The molecule has 0 heterocycles. The van der Waals surface area contributed by atoms with Gasteiger partial charge in [-0.25, -0.2) is 4.79 Å². The van der Waals surface area contributed by atoms with Gasteiger partial charge in [0.2, 0.25) is 0 Å². The van der Waals surface area contributed by atoms with E-state index in [1.54, 1.807) is 6.08 Å². The van der Waals surface area contributed by atoms with Gasteiger partial charge in [-0.15, -0.1) is 0 Å². The molecule has 42 heavy (non-hydrogen) atoms. The highest BCUT2D eigenvalue weighted by Crippen LogP contribution is 2.77. The number of esters is 1. The Hall–Kier alpha value is -1.87. The van der Waals surface area contributed by atoms with Gasteiger partial charge in [-0.05, 0) is 134 Å². The van der Waals surface area contributed by atoms with E-state index in [1.165, 1.54) is 44.1 Å². The van der Waals surface area contributed by atoms with Crippen LogP contribution in [0.2, 0.25) is 0 Å². The highest BCUT2D eigenvalue weighted by molar-refractivity contribution is 5.87. The molecule has 6 rings (SSSR count). The van der Waals surface area contributed by atoms with Gasteiger partial charge in [0.1, 0.15) is 0 Å². The van der Waals surface area contributed by atoms with Crippen molar-refractivity contribution in [1.82, 2.24) is 0 Å². The van der Waals surface area contributed by atoms with Crippen LogP contribution in [0.5, 0.6) is 0 Å². The van der Waals surface area contributed by atoms with Gasteiger partial charge in [0.05, 0.1) is 12.7 Å². The molecule has 3 nitrogen and oxygen atoms in total. The summed E-state index contributed by atoms with van der Waals surface area (Å²) in [6.45, 7) is 20.0. The average molecular weight is 573 g/mol. The molecule has 0 saturated heterocycles. The Balaban J connectivity index is 1.27. The Bertz CT molecular complexity index is 1230. The summed E-state index contributed by atoms with van der Waals surface area (Å²) < 4.78 is 6.12. The minimum absolute atomic E-state index is 0.0108. The second-order valence-electron chi connectivity index (χ2n) is 16.8. The lowest BCUT2D eigenvalue weighted by molar-refractivity contribution is -0.249. The number of hydrogen-bond donors (Lipinski definition) is 1. The molecule has 10 atom stereocenters. The van der Waals surface area contributed by atoms with Crippen LogP contribution in [0.25, 0.3) is 6.08 Å². The van der Waals surface area contributed by atoms with E-state index in [4.69, 9.17) is 4.74 Å². The number of rotatable bonds is 5. The first-order valence-corrected chi connectivity index (χ1v) is 17.0. The molecule has 1 aromatic carbocycles. The highest BCUT2D eigenvalue weighted by Gasteiger charge is 2.70. The molecule has 5 fully saturated rings. The molecule has 5 aliphatic rings. The minimum atomic E-state index is -0.219. The smallest absolute Gasteiger partial charge is 0.330 e. The zero-order valence-corrected chi connectivity index (χ0v) is 27.3. The first kappa shape index (κ1) is 30.2. The Kier molecular flexibility index (Phi) is 7.44. The van der Waals surface area contributed by atoms with Crippen molar-refractivity contribution in [3.05, 3.63) is 54.1 Å². The monoisotopic (exact) mass is 572 g/mol. The maximum absolute atomic E-state index is 12.9. The zero-order chi connectivity index (χ0) is 30.1. The number of fused-ring (bicyclic) bond motifs is 7. The van der Waals surface area contributed by atoms with E-state index in [0.717, 1.165) is 31.2 Å². The van der Waals surface area contributed by atoms with Gasteiger partial charge in [0.15, 0.2) is 0 Å². The average Bonchev–Trinajstić information content (AvgIpc) is 3.34. The molecule has 0 spiro atoms. The van der Waals surface area contributed by atoms with Crippen LogP contribution in [0, 0.1) is 56.7 Å². The fourth-order valence-electron chi connectivity index (χ4n) is 12.5. The summed E-state index contributed by atoms with van der Waals surface area (Å²) in [6, 6.07) is 9.99. The first-order valence-electron chi connectivity index (χ1n) is 17.0. The third-order valence-electron chi connectivity index (χ3n) is 14.9. The minimum Gasteiger partial charge on any atom is -0.462 e. The number of carbonyl (C=O) groups excluding carboxylic acids is 1. The van der Waals surface area contributed by atoms with Gasteiger partial charge >= 0.3 is 5.97 Å². The van der Waals surface area contributed by atoms with Crippen molar-refractivity contribution in [2.45, 2.75) is 112 Å². The van der Waals surface area contributed by atoms with Crippen molar-refractivity contribution >= 4 is 12.0 Å². The summed E-state index contributed by atoms with van der Waals surface area (Å²) in [6.07, 6.45) is 15.2. The number of hydrogen-bond acceptors (Lipinski definition) is 3. The number of aliphatic hydroxyl groups is 1. The topological polar surface area (TPSA) is 46.5 Å². The summed E-state index contributed by atoms with van der Waals surface area (Å²) in [7, 11) is 0. The number of aliphatic hydroxyl groups excluding tert-OH is 1. The number of carbonyl (C=O) groups is 1. The molecule has 5 saturated carbocycles. The van der Waals surface area contributed by atoms with Crippen molar-refractivity contribution in [3.8, 4) is 0 Å². The maximum atomic E-state index is 12.9.